The normalized spacial score (nSPS) is 14.8. The highest BCUT2D eigenvalue weighted by Gasteiger charge is 2.21. The lowest BCUT2D eigenvalue weighted by Gasteiger charge is -2.36. The molecule has 0 saturated carbocycles. The lowest BCUT2D eigenvalue weighted by molar-refractivity contribution is 0.628. The highest BCUT2D eigenvalue weighted by Crippen LogP contribution is 2.28. The molecule has 1 aliphatic rings. The fourth-order valence-corrected chi connectivity index (χ4v) is 4.57. The van der Waals surface area contributed by atoms with Crippen LogP contribution in [0.2, 0.25) is 0 Å². The van der Waals surface area contributed by atoms with Crippen molar-refractivity contribution in [1.29, 1.82) is 0 Å². The van der Waals surface area contributed by atoms with Crippen molar-refractivity contribution in [3.63, 3.8) is 0 Å². The van der Waals surface area contributed by atoms with Gasteiger partial charge in [0.05, 0.1) is 11.9 Å². The van der Waals surface area contributed by atoms with Crippen LogP contribution < -0.4 is 9.80 Å². The molecule has 0 N–H and O–H groups in total. The summed E-state index contributed by atoms with van der Waals surface area (Å²) in [5.74, 6) is -0.241. The molecule has 2 aromatic carbocycles. The summed E-state index contributed by atoms with van der Waals surface area (Å²) < 4.78 is 14.9. The van der Waals surface area contributed by atoms with Crippen LogP contribution in [-0.4, -0.2) is 40.8 Å². The van der Waals surface area contributed by atoms with Gasteiger partial charge in [0, 0.05) is 37.4 Å². The van der Waals surface area contributed by atoms with Gasteiger partial charge in [0.15, 0.2) is 0 Å². The van der Waals surface area contributed by atoms with Gasteiger partial charge < -0.3 is 9.80 Å². The molecule has 7 heteroatoms. The van der Waals surface area contributed by atoms with Crippen LogP contribution in [0.1, 0.15) is 5.56 Å². The van der Waals surface area contributed by atoms with Crippen LogP contribution in [0.5, 0.6) is 0 Å². The number of halogens is 1. The maximum atomic E-state index is 13.1. The predicted octanol–water partition coefficient (Wildman–Crippen LogP) is 4.23. The second kappa shape index (κ2) is 6.91. The maximum Gasteiger partial charge on any atom is 0.214 e. The molecule has 142 valence electrons. The summed E-state index contributed by atoms with van der Waals surface area (Å²) >= 11 is 1.60. The van der Waals surface area contributed by atoms with Crippen molar-refractivity contribution in [1.82, 2.24) is 14.6 Å². The summed E-state index contributed by atoms with van der Waals surface area (Å²) in [6, 6.07) is 14.9. The molecule has 5 rings (SSSR count). The van der Waals surface area contributed by atoms with Crippen LogP contribution in [-0.2, 0) is 0 Å². The number of imidazole rings is 1. The standard InChI is InChI=1S/C21H20FN5S/c1-15-4-2-3-5-19(15)25-10-12-26(13-11-25)21-24-27-14-18(23-20(27)28-21)16-6-8-17(22)9-7-16/h2-9,14H,10-13H2,1H3. The minimum Gasteiger partial charge on any atom is -0.368 e. The number of benzene rings is 2. The first kappa shape index (κ1) is 17.2. The van der Waals surface area contributed by atoms with E-state index in [9.17, 15) is 4.39 Å². The van der Waals surface area contributed by atoms with E-state index in [0.717, 1.165) is 47.5 Å². The van der Waals surface area contributed by atoms with Crippen molar-refractivity contribution in [3.8, 4) is 11.3 Å². The Hall–Kier alpha value is -2.93. The molecular formula is C21H20FN5S. The molecule has 2 aromatic heterocycles. The molecule has 3 heterocycles. The van der Waals surface area contributed by atoms with Gasteiger partial charge in [-0.25, -0.2) is 13.9 Å². The van der Waals surface area contributed by atoms with E-state index in [2.05, 4.69) is 46.0 Å². The fraction of sp³-hybridized carbons (Fsp3) is 0.238. The van der Waals surface area contributed by atoms with Crippen LogP contribution in [0.4, 0.5) is 15.2 Å². The molecule has 0 aliphatic carbocycles. The van der Waals surface area contributed by atoms with E-state index >= 15 is 0 Å². The van der Waals surface area contributed by atoms with Gasteiger partial charge in [-0.1, -0.05) is 29.5 Å². The Balaban J connectivity index is 1.31. The Bertz CT molecular complexity index is 1080. The van der Waals surface area contributed by atoms with E-state index in [1.165, 1.54) is 23.4 Å². The molecule has 28 heavy (non-hydrogen) atoms. The minimum atomic E-state index is -0.241. The molecule has 0 bridgehead atoms. The van der Waals surface area contributed by atoms with Crippen LogP contribution in [0, 0.1) is 12.7 Å². The van der Waals surface area contributed by atoms with Crippen LogP contribution in [0.15, 0.2) is 54.7 Å². The summed E-state index contributed by atoms with van der Waals surface area (Å²) in [5, 5.41) is 5.72. The van der Waals surface area contributed by atoms with Crippen molar-refractivity contribution in [2.45, 2.75) is 6.92 Å². The Kier molecular flexibility index (Phi) is 4.24. The Morgan fingerprint density at radius 2 is 1.64 bits per heavy atom. The van der Waals surface area contributed by atoms with Crippen molar-refractivity contribution >= 4 is 27.1 Å². The minimum absolute atomic E-state index is 0.241. The Labute approximate surface area is 166 Å². The first-order valence-corrected chi connectivity index (χ1v) is 10.2. The molecule has 0 spiro atoms. The highest BCUT2D eigenvalue weighted by molar-refractivity contribution is 7.20. The number of nitrogens with zero attached hydrogens (tertiary/aromatic N) is 5. The largest absolute Gasteiger partial charge is 0.368 e. The van der Waals surface area contributed by atoms with Gasteiger partial charge in [0.25, 0.3) is 0 Å². The van der Waals surface area contributed by atoms with Gasteiger partial charge in [-0.2, -0.15) is 0 Å². The topological polar surface area (TPSA) is 36.7 Å². The van der Waals surface area contributed by atoms with E-state index in [1.807, 2.05) is 10.7 Å². The second-order valence-electron chi connectivity index (χ2n) is 7.01. The van der Waals surface area contributed by atoms with Crippen molar-refractivity contribution in [2.75, 3.05) is 36.0 Å². The maximum absolute atomic E-state index is 13.1. The Morgan fingerprint density at radius 1 is 0.929 bits per heavy atom. The van der Waals surface area contributed by atoms with E-state index in [1.54, 1.807) is 23.5 Å². The zero-order chi connectivity index (χ0) is 19.1. The van der Waals surface area contributed by atoms with Gasteiger partial charge in [0.2, 0.25) is 10.1 Å². The van der Waals surface area contributed by atoms with E-state index in [0.29, 0.717) is 0 Å². The number of anilines is 2. The second-order valence-corrected chi connectivity index (χ2v) is 7.94. The number of hydrogen-bond acceptors (Lipinski definition) is 5. The number of piperazine rings is 1. The first-order valence-electron chi connectivity index (χ1n) is 9.35. The number of para-hydroxylation sites is 1. The van der Waals surface area contributed by atoms with Crippen LogP contribution in [0.3, 0.4) is 0 Å². The van der Waals surface area contributed by atoms with E-state index < -0.39 is 0 Å². The lowest BCUT2D eigenvalue weighted by Crippen LogP contribution is -2.46. The summed E-state index contributed by atoms with van der Waals surface area (Å²) in [4.78, 5) is 10.3. The van der Waals surface area contributed by atoms with Crippen molar-refractivity contribution < 1.29 is 4.39 Å². The molecular weight excluding hydrogens is 373 g/mol. The lowest BCUT2D eigenvalue weighted by atomic mass is 10.1. The highest BCUT2D eigenvalue weighted by atomic mass is 32.1. The zero-order valence-corrected chi connectivity index (χ0v) is 16.4. The number of hydrogen-bond donors (Lipinski definition) is 0. The summed E-state index contributed by atoms with van der Waals surface area (Å²) in [6.45, 7) is 6.00. The molecule has 0 radical (unpaired) electrons. The van der Waals surface area contributed by atoms with Gasteiger partial charge in [-0.3, -0.25) is 0 Å². The Morgan fingerprint density at radius 3 is 2.36 bits per heavy atom. The van der Waals surface area contributed by atoms with Gasteiger partial charge in [0.1, 0.15) is 5.82 Å². The quantitative estimate of drug-likeness (QED) is 0.522. The van der Waals surface area contributed by atoms with Crippen LogP contribution >= 0.6 is 11.3 Å². The SMILES string of the molecule is Cc1ccccc1N1CCN(c2nn3cc(-c4ccc(F)cc4)nc3s2)CC1. The summed E-state index contributed by atoms with van der Waals surface area (Å²) in [6.07, 6.45) is 1.91. The van der Waals surface area contributed by atoms with Gasteiger partial charge >= 0.3 is 0 Å². The molecule has 0 atom stereocenters. The first-order chi connectivity index (χ1) is 13.7. The molecule has 5 nitrogen and oxygen atoms in total. The third kappa shape index (κ3) is 3.11. The number of aryl methyl sites for hydroxylation is 1. The summed E-state index contributed by atoms with van der Waals surface area (Å²) in [7, 11) is 0. The van der Waals surface area contributed by atoms with E-state index in [4.69, 9.17) is 5.10 Å². The number of rotatable bonds is 3. The monoisotopic (exact) mass is 393 g/mol. The average Bonchev–Trinajstić information content (AvgIpc) is 3.28. The number of fused-ring (bicyclic) bond motifs is 1. The molecule has 1 aliphatic heterocycles. The predicted molar refractivity (Wildman–Crippen MR) is 112 cm³/mol. The third-order valence-electron chi connectivity index (χ3n) is 5.18. The van der Waals surface area contributed by atoms with Crippen molar-refractivity contribution in [2.24, 2.45) is 0 Å². The van der Waals surface area contributed by atoms with E-state index in [-0.39, 0.29) is 5.82 Å². The van der Waals surface area contributed by atoms with Crippen LogP contribution in [0.25, 0.3) is 16.2 Å². The molecule has 0 amide bonds. The van der Waals surface area contributed by atoms with Gasteiger partial charge in [-0.05, 0) is 42.8 Å². The molecule has 4 aromatic rings. The fourth-order valence-electron chi connectivity index (χ4n) is 3.63. The van der Waals surface area contributed by atoms with Crippen molar-refractivity contribution in [3.05, 3.63) is 66.1 Å². The smallest absolute Gasteiger partial charge is 0.214 e. The molecule has 1 fully saturated rings. The molecule has 0 unspecified atom stereocenters. The van der Waals surface area contributed by atoms with Gasteiger partial charge in [-0.15, -0.1) is 5.10 Å². The summed E-state index contributed by atoms with van der Waals surface area (Å²) in [5.41, 5.74) is 4.35. The molecule has 1 saturated heterocycles. The zero-order valence-electron chi connectivity index (χ0n) is 15.5. The third-order valence-corrected chi connectivity index (χ3v) is 6.16. The average molecular weight is 393 g/mol. The number of aromatic nitrogens is 3.